The van der Waals surface area contributed by atoms with Crippen LogP contribution in [-0.4, -0.2) is 48.8 Å². The highest BCUT2D eigenvalue weighted by Crippen LogP contribution is 2.34. The molecule has 1 saturated heterocycles. The molecular weight excluding hydrogens is 266 g/mol. The van der Waals surface area contributed by atoms with Crippen LogP contribution in [0, 0.1) is 5.92 Å². The molecule has 0 spiro atoms. The number of morpholine rings is 1. The van der Waals surface area contributed by atoms with E-state index in [1.165, 1.54) is 25.7 Å². The topological polar surface area (TPSA) is 38.8 Å². The summed E-state index contributed by atoms with van der Waals surface area (Å²) in [6.45, 7) is 5.65. The van der Waals surface area contributed by atoms with Crippen molar-refractivity contribution in [3.05, 3.63) is 12.7 Å². The summed E-state index contributed by atoms with van der Waals surface area (Å²) in [5.41, 5.74) is 0. The van der Waals surface area contributed by atoms with Crippen LogP contribution in [0.2, 0.25) is 0 Å². The lowest BCUT2D eigenvalue weighted by atomic mass is 10.0. The summed E-state index contributed by atoms with van der Waals surface area (Å²) in [7, 11) is 0. The SMILES string of the molecule is C=CCO[C@@H]1CC[C@H]2[C@H]1OCCN2C(=O)CC1CCCC1. The minimum Gasteiger partial charge on any atom is -0.372 e. The maximum Gasteiger partial charge on any atom is 0.223 e. The minimum atomic E-state index is 0.0613. The molecule has 0 radical (unpaired) electrons. The van der Waals surface area contributed by atoms with Gasteiger partial charge in [-0.3, -0.25) is 4.79 Å². The fraction of sp³-hybridized carbons (Fsp3) is 0.824. The van der Waals surface area contributed by atoms with Gasteiger partial charge < -0.3 is 14.4 Å². The van der Waals surface area contributed by atoms with Crippen LogP contribution < -0.4 is 0 Å². The molecular formula is C17H27NO3. The molecule has 1 amide bonds. The van der Waals surface area contributed by atoms with Crippen LogP contribution in [0.15, 0.2) is 12.7 Å². The third kappa shape index (κ3) is 3.32. The zero-order valence-electron chi connectivity index (χ0n) is 12.8. The van der Waals surface area contributed by atoms with E-state index in [-0.39, 0.29) is 18.2 Å². The molecule has 1 heterocycles. The standard InChI is InChI=1S/C17H27NO3/c1-2-10-20-15-8-7-14-17(15)21-11-9-18(14)16(19)12-13-5-3-4-6-13/h2,13-15,17H,1,3-12H2/t14-,15+,17+/m0/s1. The molecule has 0 unspecified atom stereocenters. The van der Waals surface area contributed by atoms with E-state index in [4.69, 9.17) is 9.47 Å². The van der Waals surface area contributed by atoms with E-state index in [1.54, 1.807) is 6.08 Å². The lowest BCUT2D eigenvalue weighted by molar-refractivity contribution is -0.151. The monoisotopic (exact) mass is 293 g/mol. The molecule has 118 valence electrons. The molecule has 0 aromatic rings. The Morgan fingerprint density at radius 2 is 2.10 bits per heavy atom. The molecule has 1 aliphatic heterocycles. The van der Waals surface area contributed by atoms with Crippen molar-refractivity contribution in [2.24, 2.45) is 5.92 Å². The summed E-state index contributed by atoms with van der Waals surface area (Å²) in [4.78, 5) is 14.7. The number of amides is 1. The molecule has 2 saturated carbocycles. The zero-order valence-corrected chi connectivity index (χ0v) is 12.8. The van der Waals surface area contributed by atoms with Gasteiger partial charge in [-0.1, -0.05) is 18.9 Å². The molecule has 0 N–H and O–H groups in total. The number of carbonyl (C=O) groups is 1. The van der Waals surface area contributed by atoms with Crippen LogP contribution in [0.4, 0.5) is 0 Å². The van der Waals surface area contributed by atoms with Crippen molar-refractivity contribution in [3.63, 3.8) is 0 Å². The summed E-state index contributed by atoms with van der Waals surface area (Å²) in [5.74, 6) is 0.956. The van der Waals surface area contributed by atoms with Crippen molar-refractivity contribution < 1.29 is 14.3 Å². The van der Waals surface area contributed by atoms with Crippen LogP contribution in [0.3, 0.4) is 0 Å². The molecule has 0 aromatic heterocycles. The Bertz CT molecular complexity index is 378. The van der Waals surface area contributed by atoms with Gasteiger partial charge >= 0.3 is 0 Å². The number of nitrogens with zero attached hydrogens (tertiary/aromatic N) is 1. The summed E-state index contributed by atoms with van der Waals surface area (Å²) in [6, 6.07) is 0.225. The molecule has 0 bridgehead atoms. The molecule has 3 fully saturated rings. The van der Waals surface area contributed by atoms with E-state index in [2.05, 4.69) is 11.5 Å². The van der Waals surface area contributed by atoms with Crippen LogP contribution in [0.1, 0.15) is 44.9 Å². The van der Waals surface area contributed by atoms with Crippen LogP contribution in [0.5, 0.6) is 0 Å². The molecule has 4 nitrogen and oxygen atoms in total. The molecule has 3 aliphatic rings. The summed E-state index contributed by atoms with van der Waals surface area (Å²) in [6.07, 6.45) is 9.74. The summed E-state index contributed by atoms with van der Waals surface area (Å²) in [5, 5.41) is 0. The van der Waals surface area contributed by atoms with Crippen LogP contribution in [0.25, 0.3) is 0 Å². The van der Waals surface area contributed by atoms with Gasteiger partial charge in [0.25, 0.3) is 0 Å². The third-order valence-corrected chi connectivity index (χ3v) is 5.22. The molecule has 3 atom stereocenters. The molecule has 0 aromatic carbocycles. The lowest BCUT2D eigenvalue weighted by Crippen LogP contribution is -2.54. The van der Waals surface area contributed by atoms with Gasteiger partial charge in [0, 0.05) is 13.0 Å². The van der Waals surface area contributed by atoms with E-state index in [9.17, 15) is 4.79 Å². The quantitative estimate of drug-likeness (QED) is 0.731. The van der Waals surface area contributed by atoms with E-state index >= 15 is 0 Å². The van der Waals surface area contributed by atoms with Crippen molar-refractivity contribution in [2.45, 2.75) is 63.2 Å². The third-order valence-electron chi connectivity index (χ3n) is 5.22. The molecule has 21 heavy (non-hydrogen) atoms. The number of hydrogen-bond donors (Lipinski definition) is 0. The van der Waals surface area contributed by atoms with Gasteiger partial charge in [0.05, 0.1) is 25.4 Å². The first-order valence-corrected chi connectivity index (χ1v) is 8.43. The fourth-order valence-electron chi connectivity index (χ4n) is 4.17. The Balaban J connectivity index is 1.58. The first kappa shape index (κ1) is 15.0. The number of rotatable bonds is 5. The largest absolute Gasteiger partial charge is 0.372 e. The van der Waals surface area contributed by atoms with Gasteiger partial charge in [0.15, 0.2) is 0 Å². The molecule has 2 aliphatic carbocycles. The second kappa shape index (κ2) is 6.93. The van der Waals surface area contributed by atoms with E-state index < -0.39 is 0 Å². The Morgan fingerprint density at radius 1 is 1.29 bits per heavy atom. The summed E-state index contributed by atoms with van der Waals surface area (Å²) >= 11 is 0. The van der Waals surface area contributed by atoms with Crippen molar-refractivity contribution in [1.29, 1.82) is 0 Å². The number of ether oxygens (including phenoxy) is 2. The average Bonchev–Trinajstić information content (AvgIpc) is 3.14. The summed E-state index contributed by atoms with van der Waals surface area (Å²) < 4.78 is 11.7. The molecule has 4 heteroatoms. The minimum absolute atomic E-state index is 0.0613. The zero-order chi connectivity index (χ0) is 14.7. The fourth-order valence-corrected chi connectivity index (χ4v) is 4.17. The Labute approximate surface area is 127 Å². The van der Waals surface area contributed by atoms with Crippen LogP contribution >= 0.6 is 0 Å². The maximum absolute atomic E-state index is 12.6. The van der Waals surface area contributed by atoms with E-state index in [1.807, 2.05) is 0 Å². The van der Waals surface area contributed by atoms with E-state index in [0.29, 0.717) is 25.0 Å². The predicted octanol–water partition coefficient (Wildman–Crippen LogP) is 2.53. The second-order valence-electron chi connectivity index (χ2n) is 6.58. The van der Waals surface area contributed by atoms with Crippen LogP contribution in [-0.2, 0) is 14.3 Å². The van der Waals surface area contributed by atoms with Crippen molar-refractivity contribution in [2.75, 3.05) is 19.8 Å². The van der Waals surface area contributed by atoms with Gasteiger partial charge in [0.2, 0.25) is 5.91 Å². The normalized spacial score (nSPS) is 33.1. The predicted molar refractivity (Wildman–Crippen MR) is 81.0 cm³/mol. The van der Waals surface area contributed by atoms with Gasteiger partial charge in [-0.05, 0) is 31.6 Å². The Kier molecular flexibility index (Phi) is 4.96. The number of carbonyl (C=O) groups excluding carboxylic acids is 1. The smallest absolute Gasteiger partial charge is 0.223 e. The Hall–Kier alpha value is -0.870. The van der Waals surface area contributed by atoms with E-state index in [0.717, 1.165) is 25.8 Å². The van der Waals surface area contributed by atoms with Gasteiger partial charge in [0.1, 0.15) is 6.10 Å². The first-order chi connectivity index (χ1) is 10.3. The van der Waals surface area contributed by atoms with Gasteiger partial charge in [-0.15, -0.1) is 6.58 Å². The van der Waals surface area contributed by atoms with Gasteiger partial charge in [-0.2, -0.15) is 0 Å². The average molecular weight is 293 g/mol. The highest BCUT2D eigenvalue weighted by atomic mass is 16.5. The highest BCUT2D eigenvalue weighted by Gasteiger charge is 2.45. The second-order valence-corrected chi connectivity index (χ2v) is 6.58. The van der Waals surface area contributed by atoms with Crippen molar-refractivity contribution in [1.82, 2.24) is 4.90 Å². The Morgan fingerprint density at radius 3 is 2.86 bits per heavy atom. The maximum atomic E-state index is 12.6. The molecule has 3 rings (SSSR count). The number of hydrogen-bond acceptors (Lipinski definition) is 3. The number of fused-ring (bicyclic) bond motifs is 1. The van der Waals surface area contributed by atoms with Gasteiger partial charge in [-0.25, -0.2) is 0 Å². The van der Waals surface area contributed by atoms with Crippen molar-refractivity contribution in [3.8, 4) is 0 Å². The van der Waals surface area contributed by atoms with Crippen molar-refractivity contribution >= 4 is 5.91 Å². The lowest BCUT2D eigenvalue weighted by Gasteiger charge is -2.39. The highest BCUT2D eigenvalue weighted by molar-refractivity contribution is 5.77. The first-order valence-electron chi connectivity index (χ1n) is 8.43.